The number of carbonyl (C=O) groups excluding carboxylic acids is 2. The number of rotatable bonds is 6. The zero-order valence-electron chi connectivity index (χ0n) is 16.1. The molecule has 0 fully saturated rings. The van der Waals surface area contributed by atoms with E-state index in [0.717, 1.165) is 0 Å². The summed E-state index contributed by atoms with van der Waals surface area (Å²) in [5.74, 6) is 6.62. The van der Waals surface area contributed by atoms with Crippen molar-refractivity contribution in [3.8, 4) is 23.3 Å². The Morgan fingerprint density at radius 3 is 2.62 bits per heavy atom. The van der Waals surface area contributed by atoms with Gasteiger partial charge in [-0.2, -0.15) is 5.10 Å². The second-order valence-electron chi connectivity index (χ2n) is 6.22. The average Bonchev–Trinajstić information content (AvgIpc) is 3.28. The molecular weight excluding hydrogens is 374 g/mol. The van der Waals surface area contributed by atoms with E-state index in [4.69, 9.17) is 15.2 Å². The van der Waals surface area contributed by atoms with Crippen LogP contribution in [0.5, 0.6) is 11.5 Å². The molecule has 150 valence electrons. The number of aromatic nitrogens is 2. The number of ether oxygens (including phenoxy) is 2. The lowest BCUT2D eigenvalue weighted by Gasteiger charge is -2.10. The number of carbonyl (C=O) groups is 2. The molecule has 0 radical (unpaired) electrons. The highest BCUT2D eigenvalue weighted by molar-refractivity contribution is 6.00. The largest absolute Gasteiger partial charge is 0.497 e. The summed E-state index contributed by atoms with van der Waals surface area (Å²) in [6.07, 6.45) is 1.19. The standard InChI is InChI=1S/C20H21N5O4/c1-4-17(26)22-10-13-11-23-20-18(19(21)27)16(24-25(13)20)6-5-12-7-14(28-2)9-15(8-12)29-3/h4,7-9,13,23H,1,10-11H2,2-3H3,(H2,21,27)(H,22,26). The van der Waals surface area contributed by atoms with Gasteiger partial charge in [-0.25, -0.2) is 4.68 Å². The molecule has 0 aliphatic carbocycles. The summed E-state index contributed by atoms with van der Waals surface area (Å²) in [7, 11) is 3.10. The topological polar surface area (TPSA) is 120 Å². The molecule has 0 bridgehead atoms. The molecule has 9 nitrogen and oxygen atoms in total. The molecule has 1 aliphatic rings. The molecule has 1 aromatic heterocycles. The summed E-state index contributed by atoms with van der Waals surface area (Å²) in [6, 6.07) is 5.04. The smallest absolute Gasteiger partial charge is 0.255 e. The van der Waals surface area contributed by atoms with Crippen LogP contribution in [0.15, 0.2) is 30.9 Å². The van der Waals surface area contributed by atoms with Gasteiger partial charge in [0.05, 0.1) is 20.3 Å². The van der Waals surface area contributed by atoms with Crippen LogP contribution in [0.2, 0.25) is 0 Å². The van der Waals surface area contributed by atoms with Crippen molar-refractivity contribution in [2.75, 3.05) is 32.6 Å². The third-order valence-electron chi connectivity index (χ3n) is 4.38. The number of amides is 2. The molecule has 1 atom stereocenters. The monoisotopic (exact) mass is 395 g/mol. The lowest BCUT2D eigenvalue weighted by molar-refractivity contribution is -0.116. The number of anilines is 1. The third kappa shape index (κ3) is 4.16. The van der Waals surface area contributed by atoms with Gasteiger partial charge in [0.25, 0.3) is 5.91 Å². The number of primary amides is 1. The molecule has 29 heavy (non-hydrogen) atoms. The van der Waals surface area contributed by atoms with Gasteiger partial charge in [-0.3, -0.25) is 9.59 Å². The number of hydrogen-bond acceptors (Lipinski definition) is 6. The Morgan fingerprint density at radius 1 is 1.34 bits per heavy atom. The minimum atomic E-state index is -0.637. The van der Waals surface area contributed by atoms with Crippen LogP contribution in [0, 0.1) is 11.8 Å². The van der Waals surface area contributed by atoms with Crippen molar-refractivity contribution in [1.82, 2.24) is 15.1 Å². The van der Waals surface area contributed by atoms with Gasteiger partial charge in [-0.15, -0.1) is 0 Å². The molecule has 2 heterocycles. The number of methoxy groups -OCH3 is 2. The molecule has 0 spiro atoms. The number of fused-ring (bicyclic) bond motifs is 1. The second-order valence-corrected chi connectivity index (χ2v) is 6.22. The highest BCUT2D eigenvalue weighted by Crippen LogP contribution is 2.28. The minimum Gasteiger partial charge on any atom is -0.497 e. The fourth-order valence-corrected chi connectivity index (χ4v) is 2.95. The second kappa shape index (κ2) is 8.39. The van der Waals surface area contributed by atoms with E-state index in [1.165, 1.54) is 6.08 Å². The number of nitrogens with zero attached hydrogens (tertiary/aromatic N) is 2. The van der Waals surface area contributed by atoms with Crippen molar-refractivity contribution in [1.29, 1.82) is 0 Å². The van der Waals surface area contributed by atoms with Gasteiger partial charge in [0.15, 0.2) is 5.69 Å². The Bertz CT molecular complexity index is 1010. The molecule has 1 unspecified atom stereocenters. The van der Waals surface area contributed by atoms with E-state index in [-0.39, 0.29) is 23.2 Å². The summed E-state index contributed by atoms with van der Waals surface area (Å²) >= 11 is 0. The summed E-state index contributed by atoms with van der Waals surface area (Å²) in [6.45, 7) is 4.25. The van der Waals surface area contributed by atoms with Crippen LogP contribution in [-0.4, -0.2) is 48.9 Å². The average molecular weight is 395 g/mol. The quantitative estimate of drug-likeness (QED) is 0.488. The van der Waals surface area contributed by atoms with E-state index in [0.29, 0.717) is 36.0 Å². The number of nitrogens with one attached hydrogen (secondary N) is 2. The number of nitrogens with two attached hydrogens (primary N) is 1. The van der Waals surface area contributed by atoms with Crippen LogP contribution in [0.3, 0.4) is 0 Å². The molecule has 1 aliphatic heterocycles. The van der Waals surface area contributed by atoms with Crippen molar-refractivity contribution in [2.24, 2.45) is 5.73 Å². The first kappa shape index (κ1) is 19.8. The van der Waals surface area contributed by atoms with Crippen molar-refractivity contribution in [3.63, 3.8) is 0 Å². The normalized spacial score (nSPS) is 14.1. The van der Waals surface area contributed by atoms with Gasteiger partial charge in [0, 0.05) is 24.7 Å². The SMILES string of the molecule is C=CC(=O)NCC1CNc2c(C(N)=O)c(C#Cc3cc(OC)cc(OC)c3)nn21. The predicted molar refractivity (Wildman–Crippen MR) is 107 cm³/mol. The summed E-state index contributed by atoms with van der Waals surface area (Å²) in [5, 5.41) is 10.3. The molecule has 2 aromatic rings. The summed E-state index contributed by atoms with van der Waals surface area (Å²) in [5.41, 5.74) is 6.65. The fourth-order valence-electron chi connectivity index (χ4n) is 2.95. The van der Waals surface area contributed by atoms with Crippen molar-refractivity contribution < 1.29 is 19.1 Å². The first-order valence-electron chi connectivity index (χ1n) is 8.78. The highest BCUT2D eigenvalue weighted by atomic mass is 16.5. The first-order chi connectivity index (χ1) is 14.0. The van der Waals surface area contributed by atoms with Crippen LogP contribution in [0.25, 0.3) is 0 Å². The Labute approximate surface area is 167 Å². The highest BCUT2D eigenvalue weighted by Gasteiger charge is 2.30. The number of benzene rings is 1. The maximum absolute atomic E-state index is 12.0. The summed E-state index contributed by atoms with van der Waals surface area (Å²) in [4.78, 5) is 23.4. The third-order valence-corrected chi connectivity index (χ3v) is 4.38. The predicted octanol–water partition coefficient (Wildman–Crippen LogP) is 0.668. The van der Waals surface area contributed by atoms with Crippen LogP contribution in [-0.2, 0) is 4.79 Å². The van der Waals surface area contributed by atoms with E-state index in [9.17, 15) is 9.59 Å². The van der Waals surface area contributed by atoms with Crippen molar-refractivity contribution in [2.45, 2.75) is 6.04 Å². The van der Waals surface area contributed by atoms with E-state index >= 15 is 0 Å². The number of hydrogen-bond donors (Lipinski definition) is 3. The van der Waals surface area contributed by atoms with Crippen molar-refractivity contribution >= 4 is 17.6 Å². The van der Waals surface area contributed by atoms with Crippen LogP contribution >= 0.6 is 0 Å². The molecule has 0 saturated carbocycles. The molecule has 9 heteroatoms. The van der Waals surface area contributed by atoms with Gasteiger partial charge in [-0.1, -0.05) is 12.5 Å². The molecule has 0 saturated heterocycles. The Kier molecular flexibility index (Phi) is 5.74. The van der Waals surface area contributed by atoms with Gasteiger partial charge >= 0.3 is 0 Å². The van der Waals surface area contributed by atoms with Gasteiger partial charge in [-0.05, 0) is 24.1 Å². The van der Waals surface area contributed by atoms with Crippen LogP contribution < -0.4 is 25.8 Å². The molecule has 3 rings (SSSR count). The Balaban J connectivity index is 1.94. The maximum atomic E-state index is 12.0. The zero-order valence-corrected chi connectivity index (χ0v) is 16.1. The molecule has 4 N–H and O–H groups in total. The zero-order chi connectivity index (χ0) is 21.0. The first-order valence-corrected chi connectivity index (χ1v) is 8.78. The molecule has 1 aromatic carbocycles. The van der Waals surface area contributed by atoms with E-state index in [1.54, 1.807) is 37.1 Å². The molecular formula is C20H21N5O4. The fraction of sp³-hybridized carbons (Fsp3) is 0.250. The van der Waals surface area contributed by atoms with E-state index < -0.39 is 5.91 Å². The maximum Gasteiger partial charge on any atom is 0.255 e. The molecule has 2 amide bonds. The van der Waals surface area contributed by atoms with Gasteiger partial charge < -0.3 is 25.8 Å². The van der Waals surface area contributed by atoms with Crippen LogP contribution in [0.1, 0.15) is 27.7 Å². The summed E-state index contributed by atoms with van der Waals surface area (Å²) < 4.78 is 12.1. The van der Waals surface area contributed by atoms with Gasteiger partial charge in [0.2, 0.25) is 5.91 Å². The lowest BCUT2D eigenvalue weighted by atomic mass is 10.1. The van der Waals surface area contributed by atoms with Crippen LogP contribution in [0.4, 0.5) is 5.82 Å². The lowest BCUT2D eigenvalue weighted by Crippen LogP contribution is -2.30. The minimum absolute atomic E-state index is 0.181. The van der Waals surface area contributed by atoms with E-state index in [2.05, 4.69) is 34.2 Å². The van der Waals surface area contributed by atoms with Crippen molar-refractivity contribution in [3.05, 3.63) is 47.7 Å². The van der Waals surface area contributed by atoms with Gasteiger partial charge in [0.1, 0.15) is 22.9 Å². The van der Waals surface area contributed by atoms with E-state index in [1.807, 2.05) is 0 Å². The Morgan fingerprint density at radius 2 is 2.03 bits per heavy atom. The Hall–Kier alpha value is -3.93.